The molecule has 0 saturated heterocycles. The zero-order valence-corrected chi connectivity index (χ0v) is 12.6. The summed E-state index contributed by atoms with van der Waals surface area (Å²) in [5.74, 6) is 1.55. The monoisotopic (exact) mass is 308 g/mol. The van der Waals surface area contributed by atoms with Gasteiger partial charge in [-0.3, -0.25) is 0 Å². The summed E-state index contributed by atoms with van der Waals surface area (Å²) >= 11 is 1.53. The van der Waals surface area contributed by atoms with Crippen molar-refractivity contribution in [1.29, 1.82) is 0 Å². The summed E-state index contributed by atoms with van der Waals surface area (Å²) in [6.07, 6.45) is 0. The Bertz CT molecular complexity index is 912. The van der Waals surface area contributed by atoms with Gasteiger partial charge in [-0.25, -0.2) is 0 Å². The van der Waals surface area contributed by atoms with Crippen molar-refractivity contribution < 1.29 is 4.74 Å². The quantitative estimate of drug-likeness (QED) is 0.581. The minimum atomic E-state index is 0.732. The van der Waals surface area contributed by atoms with E-state index >= 15 is 0 Å². The molecule has 0 bridgehead atoms. The van der Waals surface area contributed by atoms with E-state index in [2.05, 4.69) is 15.3 Å². The first-order valence-corrected chi connectivity index (χ1v) is 7.59. The summed E-state index contributed by atoms with van der Waals surface area (Å²) < 4.78 is 6.97. The Labute approximate surface area is 130 Å². The summed E-state index contributed by atoms with van der Waals surface area (Å²) in [6.45, 7) is 0. The van der Waals surface area contributed by atoms with Gasteiger partial charge in [0, 0.05) is 11.1 Å². The van der Waals surface area contributed by atoms with E-state index in [1.807, 2.05) is 54.6 Å². The molecular weight excluding hydrogens is 296 g/mol. The van der Waals surface area contributed by atoms with Crippen LogP contribution < -0.4 is 4.74 Å². The standard InChI is InChI=1S/C16H12N4OS/c1-21-13-9-7-11(8-10-13)14-17-18-16-20(14)19-15(22-16)12-5-3-2-4-6-12/h2-10H,1H3. The molecule has 2 aromatic heterocycles. The predicted octanol–water partition coefficient (Wildman–Crippen LogP) is 3.53. The maximum Gasteiger partial charge on any atom is 0.235 e. The number of benzene rings is 2. The second-order valence-corrected chi connectivity index (χ2v) is 5.68. The number of ether oxygens (including phenoxy) is 1. The zero-order chi connectivity index (χ0) is 14.9. The summed E-state index contributed by atoms with van der Waals surface area (Å²) in [4.78, 5) is 0.782. The zero-order valence-electron chi connectivity index (χ0n) is 11.8. The van der Waals surface area contributed by atoms with Crippen molar-refractivity contribution in [2.24, 2.45) is 0 Å². The molecule has 0 atom stereocenters. The summed E-state index contributed by atoms with van der Waals surface area (Å²) in [5, 5.41) is 14.0. The van der Waals surface area contributed by atoms with Crippen LogP contribution >= 0.6 is 11.3 Å². The predicted molar refractivity (Wildman–Crippen MR) is 86.1 cm³/mol. The molecule has 22 heavy (non-hydrogen) atoms. The lowest BCUT2D eigenvalue weighted by Crippen LogP contribution is -1.91. The topological polar surface area (TPSA) is 52.3 Å². The van der Waals surface area contributed by atoms with E-state index in [1.165, 1.54) is 11.3 Å². The minimum Gasteiger partial charge on any atom is -0.497 e. The molecule has 0 N–H and O–H groups in total. The molecule has 0 amide bonds. The van der Waals surface area contributed by atoms with Gasteiger partial charge in [-0.1, -0.05) is 41.7 Å². The molecule has 0 aliphatic carbocycles. The number of aromatic nitrogens is 4. The molecule has 4 rings (SSSR count). The van der Waals surface area contributed by atoms with Crippen molar-refractivity contribution >= 4 is 16.3 Å². The molecule has 6 heteroatoms. The number of nitrogens with zero attached hydrogens (tertiary/aromatic N) is 4. The van der Waals surface area contributed by atoms with Crippen LogP contribution in [0.5, 0.6) is 5.75 Å². The molecule has 0 fully saturated rings. The van der Waals surface area contributed by atoms with Crippen molar-refractivity contribution in [1.82, 2.24) is 19.8 Å². The van der Waals surface area contributed by atoms with Gasteiger partial charge in [0.2, 0.25) is 4.96 Å². The second kappa shape index (κ2) is 5.23. The molecule has 0 saturated carbocycles. The first-order chi connectivity index (χ1) is 10.8. The van der Waals surface area contributed by atoms with Gasteiger partial charge in [0.05, 0.1) is 7.11 Å². The fraction of sp³-hybridized carbons (Fsp3) is 0.0625. The molecule has 5 nitrogen and oxygen atoms in total. The average molecular weight is 308 g/mol. The van der Waals surface area contributed by atoms with Crippen LogP contribution in [0, 0.1) is 0 Å². The van der Waals surface area contributed by atoms with Gasteiger partial charge >= 0.3 is 0 Å². The van der Waals surface area contributed by atoms with Crippen LogP contribution in [-0.2, 0) is 0 Å². The Kier molecular flexibility index (Phi) is 3.08. The Morgan fingerprint density at radius 3 is 2.41 bits per heavy atom. The lowest BCUT2D eigenvalue weighted by Gasteiger charge is -2.00. The third-order valence-corrected chi connectivity index (χ3v) is 4.31. The minimum absolute atomic E-state index is 0.732. The van der Waals surface area contributed by atoms with E-state index in [1.54, 1.807) is 11.6 Å². The highest BCUT2D eigenvalue weighted by molar-refractivity contribution is 7.19. The van der Waals surface area contributed by atoms with Crippen LogP contribution in [0.1, 0.15) is 0 Å². The van der Waals surface area contributed by atoms with Crippen LogP contribution in [-0.4, -0.2) is 26.9 Å². The Morgan fingerprint density at radius 2 is 1.68 bits per heavy atom. The highest BCUT2D eigenvalue weighted by Crippen LogP contribution is 2.28. The molecule has 0 aliphatic heterocycles. The van der Waals surface area contributed by atoms with Crippen molar-refractivity contribution in [3.63, 3.8) is 0 Å². The smallest absolute Gasteiger partial charge is 0.235 e. The molecule has 2 aromatic carbocycles. The van der Waals surface area contributed by atoms with Crippen molar-refractivity contribution in [3.05, 3.63) is 54.6 Å². The van der Waals surface area contributed by atoms with Crippen LogP contribution in [0.3, 0.4) is 0 Å². The fourth-order valence-corrected chi connectivity index (χ4v) is 3.08. The van der Waals surface area contributed by atoms with E-state index in [0.29, 0.717) is 0 Å². The van der Waals surface area contributed by atoms with Crippen molar-refractivity contribution in [2.45, 2.75) is 0 Å². The van der Waals surface area contributed by atoms with Gasteiger partial charge in [-0.15, -0.1) is 10.2 Å². The van der Waals surface area contributed by atoms with Crippen LogP contribution in [0.2, 0.25) is 0 Å². The van der Waals surface area contributed by atoms with Gasteiger partial charge < -0.3 is 4.74 Å². The van der Waals surface area contributed by atoms with Crippen molar-refractivity contribution in [2.75, 3.05) is 7.11 Å². The summed E-state index contributed by atoms with van der Waals surface area (Å²) in [6, 6.07) is 17.8. The third-order valence-electron chi connectivity index (χ3n) is 3.36. The second-order valence-electron chi connectivity index (χ2n) is 4.72. The maximum atomic E-state index is 5.18. The first-order valence-electron chi connectivity index (χ1n) is 6.77. The van der Waals surface area contributed by atoms with E-state index in [0.717, 1.165) is 32.7 Å². The normalized spacial score (nSPS) is 11.0. The number of fused-ring (bicyclic) bond motifs is 1. The van der Waals surface area contributed by atoms with Gasteiger partial charge in [0.25, 0.3) is 0 Å². The number of rotatable bonds is 3. The fourth-order valence-electron chi connectivity index (χ4n) is 2.23. The van der Waals surface area contributed by atoms with Gasteiger partial charge in [0.15, 0.2) is 5.82 Å². The number of methoxy groups -OCH3 is 1. The van der Waals surface area contributed by atoms with Crippen LogP contribution in [0.15, 0.2) is 54.6 Å². The Morgan fingerprint density at radius 1 is 0.909 bits per heavy atom. The molecular formula is C16H12N4OS. The maximum absolute atomic E-state index is 5.18. The third kappa shape index (κ3) is 2.14. The molecule has 0 radical (unpaired) electrons. The highest BCUT2D eigenvalue weighted by Gasteiger charge is 2.14. The van der Waals surface area contributed by atoms with E-state index in [9.17, 15) is 0 Å². The Balaban J connectivity index is 1.80. The van der Waals surface area contributed by atoms with Gasteiger partial charge in [-0.2, -0.15) is 9.61 Å². The van der Waals surface area contributed by atoms with Crippen LogP contribution in [0.4, 0.5) is 0 Å². The molecule has 0 unspecified atom stereocenters. The lowest BCUT2D eigenvalue weighted by atomic mass is 10.2. The summed E-state index contributed by atoms with van der Waals surface area (Å²) in [5.41, 5.74) is 2.04. The van der Waals surface area contributed by atoms with Gasteiger partial charge in [-0.05, 0) is 24.3 Å². The molecule has 2 heterocycles. The summed E-state index contributed by atoms with van der Waals surface area (Å²) in [7, 11) is 1.65. The lowest BCUT2D eigenvalue weighted by molar-refractivity contribution is 0.415. The molecule has 0 spiro atoms. The first kappa shape index (κ1) is 13.0. The molecule has 108 valence electrons. The SMILES string of the molecule is COc1ccc(-c2nnc3sc(-c4ccccc4)nn23)cc1. The van der Waals surface area contributed by atoms with E-state index < -0.39 is 0 Å². The molecule has 0 aliphatic rings. The molecule has 4 aromatic rings. The van der Waals surface area contributed by atoms with E-state index in [-0.39, 0.29) is 0 Å². The number of hydrogen-bond acceptors (Lipinski definition) is 5. The number of hydrogen-bond donors (Lipinski definition) is 0. The Hall–Kier alpha value is -2.73. The average Bonchev–Trinajstić information content (AvgIpc) is 3.16. The van der Waals surface area contributed by atoms with E-state index in [4.69, 9.17) is 4.74 Å². The highest BCUT2D eigenvalue weighted by atomic mass is 32.1. The van der Waals surface area contributed by atoms with Crippen LogP contribution in [0.25, 0.3) is 26.9 Å². The van der Waals surface area contributed by atoms with Crippen molar-refractivity contribution in [3.8, 4) is 27.7 Å². The van der Waals surface area contributed by atoms with Gasteiger partial charge in [0.1, 0.15) is 10.8 Å². The largest absolute Gasteiger partial charge is 0.497 e.